The van der Waals surface area contributed by atoms with Gasteiger partial charge in [-0.2, -0.15) is 0 Å². The summed E-state index contributed by atoms with van der Waals surface area (Å²) in [6.07, 6.45) is -0.647. The van der Waals surface area contributed by atoms with Gasteiger partial charge in [0.1, 0.15) is 23.0 Å². The second-order valence-corrected chi connectivity index (χ2v) is 8.69. The molecule has 0 radical (unpaired) electrons. The van der Waals surface area contributed by atoms with Gasteiger partial charge >= 0.3 is 0 Å². The molecule has 6 nitrogen and oxygen atoms in total. The lowest BCUT2D eigenvalue weighted by Crippen LogP contribution is -2.28. The first kappa shape index (κ1) is 21.5. The molecule has 8 heteroatoms. The van der Waals surface area contributed by atoms with Crippen molar-refractivity contribution in [3.63, 3.8) is 0 Å². The number of hydrogen-bond donors (Lipinski definition) is 0. The SMILES string of the molecule is CCOC1CSc2ccc(OC)c(-c3c(OC)ccc4c3OC(OCC)CS4)c2O1. The van der Waals surface area contributed by atoms with Gasteiger partial charge in [0.15, 0.2) is 0 Å². The van der Waals surface area contributed by atoms with Gasteiger partial charge < -0.3 is 28.4 Å². The van der Waals surface area contributed by atoms with Crippen molar-refractivity contribution in [3.05, 3.63) is 24.3 Å². The lowest BCUT2D eigenvalue weighted by molar-refractivity contribution is -0.0626. The number of methoxy groups -OCH3 is 2. The summed E-state index contributed by atoms with van der Waals surface area (Å²) in [4.78, 5) is 2.07. The van der Waals surface area contributed by atoms with Crippen molar-refractivity contribution >= 4 is 23.5 Å². The number of ether oxygens (including phenoxy) is 6. The maximum atomic E-state index is 6.29. The van der Waals surface area contributed by atoms with Crippen LogP contribution < -0.4 is 18.9 Å². The Kier molecular flexibility index (Phi) is 6.87. The van der Waals surface area contributed by atoms with Crippen molar-refractivity contribution in [1.29, 1.82) is 0 Å². The molecular formula is C22H26O6S2. The molecule has 0 spiro atoms. The summed E-state index contributed by atoms with van der Waals surface area (Å²) < 4.78 is 35.6. The predicted molar refractivity (Wildman–Crippen MR) is 119 cm³/mol. The third kappa shape index (κ3) is 4.06. The number of benzene rings is 2. The van der Waals surface area contributed by atoms with Crippen molar-refractivity contribution in [1.82, 2.24) is 0 Å². The third-order valence-corrected chi connectivity index (χ3v) is 6.95. The van der Waals surface area contributed by atoms with E-state index in [-0.39, 0.29) is 12.6 Å². The molecule has 0 N–H and O–H groups in total. The molecule has 0 aliphatic carbocycles. The van der Waals surface area contributed by atoms with Crippen molar-refractivity contribution in [2.45, 2.75) is 36.2 Å². The molecule has 2 unspecified atom stereocenters. The Hall–Kier alpha value is -1.74. The van der Waals surface area contributed by atoms with Crippen LogP contribution in [0.2, 0.25) is 0 Å². The molecule has 2 aliphatic rings. The fourth-order valence-electron chi connectivity index (χ4n) is 3.55. The number of hydrogen-bond acceptors (Lipinski definition) is 8. The minimum atomic E-state index is -0.324. The Balaban J connectivity index is 1.90. The van der Waals surface area contributed by atoms with Crippen LogP contribution in [0.3, 0.4) is 0 Å². The zero-order chi connectivity index (χ0) is 21.1. The highest BCUT2D eigenvalue weighted by Gasteiger charge is 2.33. The largest absolute Gasteiger partial charge is 0.496 e. The molecule has 0 amide bonds. The third-order valence-electron chi connectivity index (χ3n) is 4.81. The molecule has 2 aromatic carbocycles. The van der Waals surface area contributed by atoms with Crippen LogP contribution >= 0.6 is 23.5 Å². The Morgan fingerprint density at radius 3 is 1.57 bits per heavy atom. The molecule has 0 saturated heterocycles. The second kappa shape index (κ2) is 9.60. The number of thioether (sulfide) groups is 2. The van der Waals surface area contributed by atoms with Gasteiger partial charge in [-0.15, -0.1) is 23.5 Å². The molecule has 2 aromatic rings. The quantitative estimate of drug-likeness (QED) is 0.580. The molecule has 30 heavy (non-hydrogen) atoms. The maximum Gasteiger partial charge on any atom is 0.209 e. The van der Waals surface area contributed by atoms with Crippen molar-refractivity contribution in [2.75, 3.05) is 38.9 Å². The minimum Gasteiger partial charge on any atom is -0.496 e. The van der Waals surface area contributed by atoms with Gasteiger partial charge in [-0.25, -0.2) is 0 Å². The number of fused-ring (bicyclic) bond motifs is 2. The van der Waals surface area contributed by atoms with Gasteiger partial charge in [0.05, 0.1) is 46.6 Å². The summed E-state index contributed by atoms with van der Waals surface area (Å²) in [6.45, 7) is 5.09. The topological polar surface area (TPSA) is 55.4 Å². The lowest BCUT2D eigenvalue weighted by atomic mass is 10.0. The molecule has 2 heterocycles. The molecule has 2 atom stereocenters. The van der Waals surface area contributed by atoms with Crippen molar-refractivity contribution in [2.24, 2.45) is 0 Å². The summed E-state index contributed by atoms with van der Waals surface area (Å²) in [5, 5.41) is 0. The van der Waals surface area contributed by atoms with E-state index in [9.17, 15) is 0 Å². The summed E-state index contributed by atoms with van der Waals surface area (Å²) in [6, 6.07) is 7.96. The standard InChI is InChI=1S/C22H26O6S2/c1-5-25-17-11-29-15-9-7-13(23-3)19(21(15)27-17)20-14(24-4)8-10-16-22(20)28-18(12-30-16)26-6-2/h7-10,17-18H,5-6,11-12H2,1-4H3. The van der Waals surface area contributed by atoms with Crippen LogP contribution in [0.15, 0.2) is 34.1 Å². The summed E-state index contributed by atoms with van der Waals surface area (Å²) in [5.41, 5.74) is 1.61. The van der Waals surface area contributed by atoms with E-state index in [4.69, 9.17) is 28.4 Å². The molecular weight excluding hydrogens is 424 g/mol. The average molecular weight is 451 g/mol. The van der Waals surface area contributed by atoms with Gasteiger partial charge in [-0.1, -0.05) is 0 Å². The first-order valence-corrected chi connectivity index (χ1v) is 11.9. The summed E-state index contributed by atoms with van der Waals surface area (Å²) >= 11 is 3.41. The molecule has 162 valence electrons. The van der Waals surface area contributed by atoms with Crippen LogP contribution in [0.5, 0.6) is 23.0 Å². The van der Waals surface area contributed by atoms with Crippen LogP contribution in [0.4, 0.5) is 0 Å². The highest BCUT2D eigenvalue weighted by atomic mass is 32.2. The van der Waals surface area contributed by atoms with Crippen molar-refractivity contribution < 1.29 is 28.4 Å². The van der Waals surface area contributed by atoms with E-state index in [1.807, 2.05) is 38.1 Å². The van der Waals surface area contributed by atoms with Crippen LogP contribution in [0.1, 0.15) is 13.8 Å². The van der Waals surface area contributed by atoms with Crippen LogP contribution in [-0.2, 0) is 9.47 Å². The molecule has 4 rings (SSSR count). The van der Waals surface area contributed by atoms with E-state index in [1.54, 1.807) is 37.7 Å². The van der Waals surface area contributed by atoms with Gasteiger partial charge in [-0.3, -0.25) is 0 Å². The fourth-order valence-corrected chi connectivity index (χ4v) is 5.40. The average Bonchev–Trinajstić information content (AvgIpc) is 2.78. The first-order valence-electron chi connectivity index (χ1n) is 9.94. The molecule has 2 aliphatic heterocycles. The summed E-state index contributed by atoms with van der Waals surface area (Å²) in [7, 11) is 3.31. The normalized spacial score (nSPS) is 19.9. The van der Waals surface area contributed by atoms with E-state index in [0.717, 1.165) is 43.9 Å². The van der Waals surface area contributed by atoms with Crippen LogP contribution in [0.25, 0.3) is 11.1 Å². The molecule has 0 bridgehead atoms. The predicted octanol–water partition coefficient (Wildman–Crippen LogP) is 5.07. The second-order valence-electron chi connectivity index (χ2n) is 6.57. The van der Waals surface area contributed by atoms with E-state index in [2.05, 4.69) is 0 Å². The summed E-state index contributed by atoms with van der Waals surface area (Å²) in [5.74, 6) is 4.28. The molecule has 0 aromatic heterocycles. The number of rotatable bonds is 7. The van der Waals surface area contributed by atoms with Gasteiger partial charge in [0.2, 0.25) is 12.6 Å². The lowest BCUT2D eigenvalue weighted by Gasteiger charge is -2.31. The molecule has 0 fully saturated rings. The minimum absolute atomic E-state index is 0.324. The fraction of sp³-hybridized carbons (Fsp3) is 0.455. The van der Waals surface area contributed by atoms with E-state index in [1.165, 1.54) is 0 Å². The zero-order valence-corrected chi connectivity index (χ0v) is 19.2. The Morgan fingerprint density at radius 2 is 1.20 bits per heavy atom. The Morgan fingerprint density at radius 1 is 0.767 bits per heavy atom. The van der Waals surface area contributed by atoms with Gasteiger partial charge in [-0.05, 0) is 38.1 Å². The van der Waals surface area contributed by atoms with Crippen molar-refractivity contribution in [3.8, 4) is 34.1 Å². The van der Waals surface area contributed by atoms with Crippen LogP contribution in [-0.4, -0.2) is 51.5 Å². The van der Waals surface area contributed by atoms with Gasteiger partial charge in [0.25, 0.3) is 0 Å². The molecule has 0 saturated carbocycles. The zero-order valence-electron chi connectivity index (χ0n) is 17.6. The van der Waals surface area contributed by atoms with Gasteiger partial charge in [0, 0.05) is 13.2 Å². The van der Waals surface area contributed by atoms with Crippen LogP contribution in [0, 0.1) is 0 Å². The van der Waals surface area contributed by atoms with E-state index >= 15 is 0 Å². The highest BCUT2D eigenvalue weighted by molar-refractivity contribution is 7.99. The Bertz CT molecular complexity index is 830. The van der Waals surface area contributed by atoms with E-state index in [0.29, 0.717) is 24.7 Å². The monoisotopic (exact) mass is 450 g/mol. The maximum absolute atomic E-state index is 6.29. The van der Waals surface area contributed by atoms with E-state index < -0.39 is 0 Å². The highest BCUT2D eigenvalue weighted by Crippen LogP contribution is 2.55. The smallest absolute Gasteiger partial charge is 0.209 e. The Labute approximate surface area is 185 Å². The first-order chi connectivity index (χ1) is 14.7.